The van der Waals surface area contributed by atoms with Gasteiger partial charge in [0.05, 0.1) is 6.61 Å². The molecular formula is C7H9N3O4. The number of aromatic nitrogens is 2. The fourth-order valence-electron chi connectivity index (χ4n) is 1.26. The zero-order chi connectivity index (χ0) is 10.2. The van der Waals surface area contributed by atoms with Gasteiger partial charge < -0.3 is 20.1 Å². The Kier molecular flexibility index (Phi) is 1.97. The molecule has 1 fully saturated rings. The van der Waals surface area contributed by atoms with Crippen molar-refractivity contribution in [2.45, 2.75) is 12.0 Å². The summed E-state index contributed by atoms with van der Waals surface area (Å²) in [5.74, 6) is -1.49. The van der Waals surface area contributed by atoms with Crippen molar-refractivity contribution in [2.24, 2.45) is 5.73 Å². The number of carbonyl (C=O) groups is 1. The van der Waals surface area contributed by atoms with E-state index < -0.39 is 11.5 Å². The van der Waals surface area contributed by atoms with Crippen molar-refractivity contribution in [3.8, 4) is 0 Å². The summed E-state index contributed by atoms with van der Waals surface area (Å²) < 4.78 is 9.85. The standard InChI is InChI=1S/C7H9N3O4/c8-7(1-2-13-3-7)6-9-4(5(11)12)10-14-6/h1-3,8H2,(H,11,12). The van der Waals surface area contributed by atoms with Gasteiger partial charge >= 0.3 is 5.97 Å². The van der Waals surface area contributed by atoms with Crippen molar-refractivity contribution in [3.63, 3.8) is 0 Å². The number of aromatic carboxylic acids is 1. The Bertz CT molecular complexity index is 356. The van der Waals surface area contributed by atoms with Crippen LogP contribution in [0.15, 0.2) is 4.52 Å². The fraction of sp³-hybridized carbons (Fsp3) is 0.571. The third-order valence-corrected chi connectivity index (χ3v) is 2.10. The van der Waals surface area contributed by atoms with E-state index >= 15 is 0 Å². The van der Waals surface area contributed by atoms with Crippen LogP contribution in [0.5, 0.6) is 0 Å². The predicted molar refractivity (Wildman–Crippen MR) is 42.6 cm³/mol. The number of hydrogen-bond acceptors (Lipinski definition) is 6. The summed E-state index contributed by atoms with van der Waals surface area (Å²) in [5, 5.41) is 11.9. The third-order valence-electron chi connectivity index (χ3n) is 2.10. The molecule has 0 spiro atoms. The van der Waals surface area contributed by atoms with Crippen molar-refractivity contribution in [1.82, 2.24) is 10.1 Å². The fourth-order valence-corrected chi connectivity index (χ4v) is 1.26. The Hall–Kier alpha value is -1.47. The van der Waals surface area contributed by atoms with Gasteiger partial charge in [0.1, 0.15) is 5.54 Å². The Balaban J connectivity index is 2.28. The number of ether oxygens (including phenoxy) is 1. The second kappa shape index (κ2) is 3.03. The van der Waals surface area contributed by atoms with Crippen LogP contribution in [-0.2, 0) is 10.3 Å². The van der Waals surface area contributed by atoms with Crippen LogP contribution in [0.25, 0.3) is 0 Å². The molecule has 1 aromatic heterocycles. The van der Waals surface area contributed by atoms with Crippen molar-refractivity contribution < 1.29 is 19.2 Å². The normalized spacial score (nSPS) is 26.6. The van der Waals surface area contributed by atoms with Crippen LogP contribution in [0.1, 0.15) is 22.9 Å². The first kappa shape index (κ1) is 9.10. The van der Waals surface area contributed by atoms with Crippen LogP contribution >= 0.6 is 0 Å². The highest BCUT2D eigenvalue weighted by Gasteiger charge is 2.38. The van der Waals surface area contributed by atoms with Crippen LogP contribution in [0.4, 0.5) is 0 Å². The lowest BCUT2D eigenvalue weighted by Crippen LogP contribution is -2.37. The van der Waals surface area contributed by atoms with Gasteiger partial charge in [-0.25, -0.2) is 4.79 Å². The average molecular weight is 199 g/mol. The number of rotatable bonds is 2. The van der Waals surface area contributed by atoms with Crippen molar-refractivity contribution >= 4 is 5.97 Å². The molecule has 1 saturated heterocycles. The molecule has 3 N–H and O–H groups in total. The second-order valence-corrected chi connectivity index (χ2v) is 3.19. The molecule has 0 radical (unpaired) electrons. The quantitative estimate of drug-likeness (QED) is 0.650. The van der Waals surface area contributed by atoms with Gasteiger partial charge in [0, 0.05) is 6.61 Å². The van der Waals surface area contributed by atoms with Crippen LogP contribution in [-0.4, -0.2) is 34.4 Å². The van der Waals surface area contributed by atoms with E-state index in [9.17, 15) is 4.79 Å². The van der Waals surface area contributed by atoms with E-state index in [0.717, 1.165) is 0 Å². The van der Waals surface area contributed by atoms with Crippen LogP contribution in [0, 0.1) is 0 Å². The molecule has 1 aromatic rings. The molecular weight excluding hydrogens is 190 g/mol. The van der Waals surface area contributed by atoms with Crippen molar-refractivity contribution in [1.29, 1.82) is 0 Å². The van der Waals surface area contributed by atoms with Gasteiger partial charge in [-0.3, -0.25) is 0 Å². The number of carboxylic acids is 1. The molecule has 76 valence electrons. The molecule has 7 nitrogen and oxygen atoms in total. The number of nitrogens with zero attached hydrogens (tertiary/aromatic N) is 2. The minimum Gasteiger partial charge on any atom is -0.475 e. The van der Waals surface area contributed by atoms with Gasteiger partial charge in [-0.05, 0) is 11.6 Å². The minimum absolute atomic E-state index is 0.118. The molecule has 0 saturated carbocycles. The van der Waals surface area contributed by atoms with E-state index in [-0.39, 0.29) is 18.3 Å². The first-order chi connectivity index (χ1) is 6.62. The van der Waals surface area contributed by atoms with E-state index in [1.807, 2.05) is 0 Å². The smallest absolute Gasteiger partial charge is 0.377 e. The second-order valence-electron chi connectivity index (χ2n) is 3.19. The maximum Gasteiger partial charge on any atom is 0.377 e. The monoisotopic (exact) mass is 199 g/mol. The van der Waals surface area contributed by atoms with Crippen LogP contribution in [0.2, 0.25) is 0 Å². The minimum atomic E-state index is -1.23. The summed E-state index contributed by atoms with van der Waals surface area (Å²) in [7, 11) is 0. The molecule has 7 heteroatoms. The van der Waals surface area contributed by atoms with Crippen LogP contribution < -0.4 is 5.73 Å². The van der Waals surface area contributed by atoms with Gasteiger partial charge in [-0.1, -0.05) is 0 Å². The molecule has 2 heterocycles. The number of hydrogen-bond donors (Lipinski definition) is 2. The molecule has 0 aliphatic carbocycles. The maximum atomic E-state index is 10.5. The lowest BCUT2D eigenvalue weighted by molar-refractivity contribution is 0.0680. The topological polar surface area (TPSA) is 111 Å². The molecule has 1 aliphatic heterocycles. The van der Waals surface area contributed by atoms with E-state index in [1.54, 1.807) is 0 Å². The Morgan fingerprint density at radius 3 is 2.93 bits per heavy atom. The maximum absolute atomic E-state index is 10.5. The lowest BCUT2D eigenvalue weighted by Gasteiger charge is -2.14. The molecule has 0 aromatic carbocycles. The van der Waals surface area contributed by atoms with Crippen molar-refractivity contribution in [2.75, 3.05) is 13.2 Å². The van der Waals surface area contributed by atoms with Gasteiger partial charge in [-0.15, -0.1) is 0 Å². The summed E-state index contributed by atoms with van der Waals surface area (Å²) in [6, 6.07) is 0. The predicted octanol–water partition coefficient (Wildman–Crippen LogP) is -0.658. The molecule has 0 bridgehead atoms. The van der Waals surface area contributed by atoms with Crippen LogP contribution in [0.3, 0.4) is 0 Å². The highest BCUT2D eigenvalue weighted by atomic mass is 16.5. The Labute approximate surface area is 78.8 Å². The van der Waals surface area contributed by atoms with Gasteiger partial charge in [0.25, 0.3) is 5.82 Å². The van der Waals surface area contributed by atoms with Crippen molar-refractivity contribution in [3.05, 3.63) is 11.7 Å². The summed E-state index contributed by atoms with van der Waals surface area (Å²) in [4.78, 5) is 14.2. The third kappa shape index (κ3) is 1.36. The summed E-state index contributed by atoms with van der Waals surface area (Å²) in [6.45, 7) is 0.787. The van der Waals surface area contributed by atoms with E-state index in [4.69, 9.17) is 20.1 Å². The van der Waals surface area contributed by atoms with E-state index in [0.29, 0.717) is 13.0 Å². The largest absolute Gasteiger partial charge is 0.475 e. The van der Waals surface area contributed by atoms with Gasteiger partial charge in [-0.2, -0.15) is 4.98 Å². The molecule has 1 atom stereocenters. The van der Waals surface area contributed by atoms with E-state index in [1.165, 1.54) is 0 Å². The molecule has 0 amide bonds. The zero-order valence-electron chi connectivity index (χ0n) is 7.27. The Morgan fingerprint density at radius 2 is 2.43 bits per heavy atom. The molecule has 14 heavy (non-hydrogen) atoms. The summed E-state index contributed by atoms with van der Waals surface area (Å²) in [5.41, 5.74) is 5.05. The first-order valence-corrected chi connectivity index (χ1v) is 4.06. The first-order valence-electron chi connectivity index (χ1n) is 4.06. The highest BCUT2D eigenvalue weighted by molar-refractivity contribution is 5.82. The van der Waals surface area contributed by atoms with Gasteiger partial charge in [0.2, 0.25) is 5.89 Å². The SMILES string of the molecule is NC1(c2nc(C(=O)O)no2)CCOC1. The lowest BCUT2D eigenvalue weighted by atomic mass is 10.0. The summed E-state index contributed by atoms with van der Waals surface area (Å²) in [6.07, 6.45) is 0.550. The Morgan fingerprint density at radius 1 is 1.64 bits per heavy atom. The molecule has 2 rings (SSSR count). The molecule has 1 unspecified atom stereocenters. The highest BCUT2D eigenvalue weighted by Crippen LogP contribution is 2.25. The summed E-state index contributed by atoms with van der Waals surface area (Å²) >= 11 is 0. The average Bonchev–Trinajstić information content (AvgIpc) is 2.71. The number of nitrogens with two attached hydrogens (primary N) is 1. The van der Waals surface area contributed by atoms with Gasteiger partial charge in [0.15, 0.2) is 0 Å². The zero-order valence-corrected chi connectivity index (χ0v) is 7.27. The van der Waals surface area contributed by atoms with E-state index in [2.05, 4.69) is 10.1 Å². The molecule has 1 aliphatic rings. The number of carboxylic acid groups (broad SMARTS) is 1.